The first kappa shape index (κ1) is 27.3. The predicted molar refractivity (Wildman–Crippen MR) is 161 cm³/mol. The van der Waals surface area contributed by atoms with E-state index in [1.54, 1.807) is 11.5 Å². The second-order valence-corrected chi connectivity index (χ2v) is 11.4. The molecular formula is C30H24Br2N2O4S. The van der Waals surface area contributed by atoms with E-state index in [1.807, 2.05) is 85.8 Å². The van der Waals surface area contributed by atoms with Crippen LogP contribution in [-0.4, -0.2) is 23.8 Å². The molecule has 1 atom stereocenters. The van der Waals surface area contributed by atoms with Crippen LogP contribution >= 0.6 is 43.2 Å². The number of carbonyl (C=O) groups is 1. The Morgan fingerprint density at radius 2 is 1.72 bits per heavy atom. The van der Waals surface area contributed by atoms with Crippen LogP contribution in [0.5, 0.6) is 5.75 Å². The van der Waals surface area contributed by atoms with Gasteiger partial charge in [-0.05, 0) is 53.5 Å². The van der Waals surface area contributed by atoms with Crippen LogP contribution < -0.4 is 19.6 Å². The van der Waals surface area contributed by atoms with Crippen molar-refractivity contribution >= 4 is 60.9 Å². The van der Waals surface area contributed by atoms with Crippen molar-refractivity contribution in [1.82, 2.24) is 4.57 Å². The molecule has 0 spiro atoms. The lowest BCUT2D eigenvalue weighted by Crippen LogP contribution is -2.40. The van der Waals surface area contributed by atoms with Crippen molar-refractivity contribution in [3.63, 3.8) is 0 Å². The number of hydrogen-bond acceptors (Lipinski definition) is 6. The van der Waals surface area contributed by atoms with E-state index in [-0.39, 0.29) is 12.2 Å². The monoisotopic (exact) mass is 666 g/mol. The van der Waals surface area contributed by atoms with Crippen LogP contribution in [0.25, 0.3) is 11.8 Å². The third-order valence-corrected chi connectivity index (χ3v) is 8.13. The van der Waals surface area contributed by atoms with Gasteiger partial charge in [-0.1, -0.05) is 87.9 Å². The van der Waals surface area contributed by atoms with Crippen molar-refractivity contribution in [2.75, 3.05) is 13.2 Å². The molecule has 0 saturated carbocycles. The molecule has 0 N–H and O–H groups in total. The zero-order valence-corrected chi connectivity index (χ0v) is 25.2. The van der Waals surface area contributed by atoms with Crippen LogP contribution in [0.1, 0.15) is 36.6 Å². The Hall–Kier alpha value is -3.27. The summed E-state index contributed by atoms with van der Waals surface area (Å²) < 4.78 is 15.1. The fourth-order valence-corrected chi connectivity index (χ4v) is 6.88. The fourth-order valence-electron chi connectivity index (χ4n) is 4.52. The van der Waals surface area contributed by atoms with Crippen LogP contribution in [0.15, 0.2) is 97.1 Å². The number of rotatable bonds is 7. The predicted octanol–water partition coefficient (Wildman–Crippen LogP) is 5.86. The lowest BCUT2D eigenvalue weighted by Gasteiger charge is -2.25. The molecule has 0 unspecified atom stereocenters. The molecular weight excluding hydrogens is 644 g/mol. The topological polar surface area (TPSA) is 69.9 Å². The van der Waals surface area contributed by atoms with Crippen LogP contribution in [0.4, 0.5) is 0 Å². The maximum absolute atomic E-state index is 14.1. The average molecular weight is 668 g/mol. The van der Waals surface area contributed by atoms with E-state index in [0.29, 0.717) is 33.0 Å². The van der Waals surface area contributed by atoms with E-state index in [0.717, 1.165) is 25.6 Å². The van der Waals surface area contributed by atoms with E-state index in [9.17, 15) is 9.59 Å². The molecule has 1 aliphatic heterocycles. The largest absolute Gasteiger partial charge is 0.492 e. The summed E-state index contributed by atoms with van der Waals surface area (Å²) >= 11 is 8.38. The van der Waals surface area contributed by atoms with Crippen molar-refractivity contribution < 1.29 is 14.3 Å². The molecule has 0 saturated heterocycles. The van der Waals surface area contributed by atoms with E-state index < -0.39 is 12.0 Å². The Labute approximate surface area is 246 Å². The lowest BCUT2D eigenvalue weighted by atomic mass is 9.93. The van der Waals surface area contributed by atoms with Gasteiger partial charge in [0.2, 0.25) is 0 Å². The molecule has 2 heterocycles. The van der Waals surface area contributed by atoms with Gasteiger partial charge in [-0.15, -0.1) is 0 Å². The maximum Gasteiger partial charge on any atom is 0.338 e. The zero-order valence-electron chi connectivity index (χ0n) is 21.2. The normalized spacial score (nSPS) is 15.1. The summed E-state index contributed by atoms with van der Waals surface area (Å²) in [6.07, 6.45) is 1.81. The Morgan fingerprint density at radius 3 is 2.38 bits per heavy atom. The van der Waals surface area contributed by atoms with Gasteiger partial charge in [0.1, 0.15) is 5.75 Å². The van der Waals surface area contributed by atoms with E-state index >= 15 is 0 Å². The van der Waals surface area contributed by atoms with E-state index in [1.165, 1.54) is 11.3 Å². The molecule has 1 aromatic heterocycles. The zero-order chi connectivity index (χ0) is 27.5. The molecule has 4 aromatic rings. The third kappa shape index (κ3) is 5.44. The van der Waals surface area contributed by atoms with Gasteiger partial charge in [-0.3, -0.25) is 9.36 Å². The van der Waals surface area contributed by atoms with Gasteiger partial charge >= 0.3 is 5.97 Å². The highest BCUT2D eigenvalue weighted by molar-refractivity contribution is 9.11. The maximum atomic E-state index is 14.1. The number of halogens is 2. The molecule has 9 heteroatoms. The first-order valence-corrected chi connectivity index (χ1v) is 14.8. The highest BCUT2D eigenvalue weighted by atomic mass is 79.9. The molecule has 0 amide bonds. The minimum absolute atomic E-state index is 0.203. The highest BCUT2D eigenvalue weighted by Crippen LogP contribution is 2.36. The number of fused-ring (bicyclic) bond motifs is 1. The number of thiazole rings is 1. The Kier molecular flexibility index (Phi) is 8.30. The molecule has 5 rings (SSSR count). The molecule has 3 aromatic carbocycles. The van der Waals surface area contributed by atoms with Crippen molar-refractivity contribution in [2.24, 2.45) is 4.99 Å². The molecule has 0 aliphatic carbocycles. The van der Waals surface area contributed by atoms with Crippen LogP contribution in [-0.2, 0) is 9.53 Å². The average Bonchev–Trinajstić information content (AvgIpc) is 3.25. The van der Waals surface area contributed by atoms with Crippen LogP contribution in [0, 0.1) is 0 Å². The molecule has 0 fully saturated rings. The molecule has 0 radical (unpaired) electrons. The summed E-state index contributed by atoms with van der Waals surface area (Å²) in [7, 11) is 0. The summed E-state index contributed by atoms with van der Waals surface area (Å²) in [5, 5.41) is 0. The van der Waals surface area contributed by atoms with Gasteiger partial charge in [0.05, 0.1) is 39.5 Å². The number of nitrogens with zero attached hydrogens (tertiary/aromatic N) is 2. The van der Waals surface area contributed by atoms with Crippen molar-refractivity contribution in [2.45, 2.75) is 19.9 Å². The minimum atomic E-state index is -0.709. The van der Waals surface area contributed by atoms with Crippen LogP contribution in [0.2, 0.25) is 0 Å². The number of ether oxygens (including phenoxy) is 2. The Bertz CT molecular complexity index is 1750. The standard InChI is InChI=1S/C30H24Br2N2O4S/c1-3-37-27-20(15-21(31)17-22(27)32)16-23-28(35)34-26(19-13-9-6-10-14-19)24(29(36)38-4-2)25(33-30(34)39-23)18-11-7-5-8-12-18/h5-17,26H,3-4H2,1-2H3/b23-16-/t26-/m0/s1. The van der Waals surface area contributed by atoms with Crippen molar-refractivity contribution in [3.05, 3.63) is 124 Å². The second kappa shape index (κ2) is 11.9. The van der Waals surface area contributed by atoms with E-state index in [4.69, 9.17) is 14.5 Å². The number of benzene rings is 3. The summed E-state index contributed by atoms with van der Waals surface area (Å²) in [6.45, 7) is 4.35. The van der Waals surface area contributed by atoms with Crippen molar-refractivity contribution in [3.8, 4) is 5.75 Å². The summed E-state index contributed by atoms with van der Waals surface area (Å²) in [5.74, 6) is 0.140. The first-order chi connectivity index (χ1) is 18.9. The third-order valence-electron chi connectivity index (χ3n) is 6.10. The van der Waals surface area contributed by atoms with Gasteiger partial charge in [0.15, 0.2) is 4.80 Å². The Balaban J connectivity index is 1.83. The van der Waals surface area contributed by atoms with Gasteiger partial charge < -0.3 is 9.47 Å². The number of hydrogen-bond donors (Lipinski definition) is 0. The number of esters is 1. The van der Waals surface area contributed by atoms with Gasteiger partial charge in [-0.2, -0.15) is 0 Å². The summed E-state index contributed by atoms with van der Waals surface area (Å²) in [4.78, 5) is 32.9. The van der Waals surface area contributed by atoms with Gasteiger partial charge in [0, 0.05) is 15.6 Å². The van der Waals surface area contributed by atoms with E-state index in [2.05, 4.69) is 31.9 Å². The fraction of sp³-hybridized carbons (Fsp3) is 0.167. The lowest BCUT2D eigenvalue weighted by molar-refractivity contribution is -0.138. The highest BCUT2D eigenvalue weighted by Gasteiger charge is 2.35. The first-order valence-electron chi connectivity index (χ1n) is 12.4. The second-order valence-electron chi connectivity index (χ2n) is 8.58. The number of carbonyl (C=O) groups excluding carboxylic acids is 1. The smallest absolute Gasteiger partial charge is 0.338 e. The van der Waals surface area contributed by atoms with Crippen LogP contribution in [0.3, 0.4) is 0 Å². The summed E-state index contributed by atoms with van der Waals surface area (Å²) in [6, 6.07) is 22.1. The molecule has 198 valence electrons. The molecule has 39 heavy (non-hydrogen) atoms. The molecule has 0 bridgehead atoms. The quantitative estimate of drug-likeness (QED) is 0.232. The Morgan fingerprint density at radius 1 is 1.03 bits per heavy atom. The molecule has 6 nitrogen and oxygen atoms in total. The van der Waals surface area contributed by atoms with Gasteiger partial charge in [-0.25, -0.2) is 9.79 Å². The summed E-state index contributed by atoms with van der Waals surface area (Å²) in [5.41, 5.74) is 2.88. The minimum Gasteiger partial charge on any atom is -0.492 e. The van der Waals surface area contributed by atoms with Crippen molar-refractivity contribution in [1.29, 1.82) is 0 Å². The number of aromatic nitrogens is 1. The SMILES string of the molecule is CCOC(=O)C1=C(c2ccccc2)N=c2s/c(=C\c3cc(Br)cc(Br)c3OCC)c(=O)n2[C@H]1c1ccccc1. The molecule has 1 aliphatic rings. The van der Waals surface area contributed by atoms with Gasteiger partial charge in [0.25, 0.3) is 5.56 Å².